The third kappa shape index (κ3) is 4.70. The summed E-state index contributed by atoms with van der Waals surface area (Å²) in [5, 5.41) is 21.4. The molecule has 1 amide bonds. The molecule has 0 saturated carbocycles. The minimum absolute atomic E-state index is 0.0167. The predicted octanol–water partition coefficient (Wildman–Crippen LogP) is 4.08. The summed E-state index contributed by atoms with van der Waals surface area (Å²) in [7, 11) is 5.24. The van der Waals surface area contributed by atoms with Crippen LogP contribution in [0.1, 0.15) is 23.6 Å². The number of carbonyl (C=O) groups is 2. The molecule has 170 valence electrons. The summed E-state index contributed by atoms with van der Waals surface area (Å²) in [6, 6.07) is 8.23. The first kappa shape index (κ1) is 23.9. The van der Waals surface area contributed by atoms with Crippen molar-refractivity contribution in [3.8, 4) is 11.5 Å². The van der Waals surface area contributed by atoms with Gasteiger partial charge in [0.05, 0.1) is 28.8 Å². The van der Waals surface area contributed by atoms with Crippen molar-refractivity contribution in [3.05, 3.63) is 63.1 Å². The Morgan fingerprint density at radius 3 is 2.38 bits per heavy atom. The van der Waals surface area contributed by atoms with E-state index in [1.165, 1.54) is 36.3 Å². The van der Waals surface area contributed by atoms with Gasteiger partial charge in [-0.05, 0) is 56.9 Å². The van der Waals surface area contributed by atoms with Crippen LogP contribution in [0.4, 0.5) is 0 Å². The Bertz CT molecular complexity index is 1060. The average Bonchev–Trinajstić information content (AvgIpc) is 2.97. The first-order valence-electron chi connectivity index (χ1n) is 9.91. The lowest BCUT2D eigenvalue weighted by Crippen LogP contribution is -2.32. The van der Waals surface area contributed by atoms with Crippen molar-refractivity contribution in [1.29, 1.82) is 0 Å². The number of methoxy groups -OCH3 is 1. The van der Waals surface area contributed by atoms with E-state index in [1.54, 1.807) is 12.1 Å². The standard InChI is InChI=1S/C23H24Cl2N2O5/c1-26(2)8-5-9-27-19(13-6-4-7-15(28)10-13)18(21(30)23(27)31)20(29)14-11-16(24)22(32-3)17(25)12-14/h4,6-7,10-12,19,28-29H,5,8-9H2,1-3H3/b20-18+. The quantitative estimate of drug-likeness (QED) is 0.354. The Kier molecular flexibility index (Phi) is 7.33. The van der Waals surface area contributed by atoms with E-state index in [0.717, 1.165) is 0 Å². The number of ketones is 1. The molecule has 1 aliphatic rings. The summed E-state index contributed by atoms with van der Waals surface area (Å²) >= 11 is 12.4. The Labute approximate surface area is 196 Å². The SMILES string of the molecule is COc1c(Cl)cc(/C(O)=C2\C(=O)C(=O)N(CCCN(C)C)C2c2cccc(O)c2)cc1Cl. The maximum Gasteiger partial charge on any atom is 0.295 e. The molecule has 1 atom stereocenters. The number of ether oxygens (including phenoxy) is 1. The molecule has 1 aliphatic heterocycles. The fourth-order valence-electron chi connectivity index (χ4n) is 3.76. The third-order valence-electron chi connectivity index (χ3n) is 5.21. The van der Waals surface area contributed by atoms with Crippen molar-refractivity contribution in [3.63, 3.8) is 0 Å². The molecule has 1 heterocycles. The smallest absolute Gasteiger partial charge is 0.295 e. The second-order valence-electron chi connectivity index (χ2n) is 7.72. The van der Waals surface area contributed by atoms with E-state index in [0.29, 0.717) is 25.1 Å². The van der Waals surface area contributed by atoms with Gasteiger partial charge in [-0.15, -0.1) is 0 Å². The zero-order valence-electron chi connectivity index (χ0n) is 17.9. The number of Topliss-reactive ketones (excluding diaryl/α,β-unsaturated/α-hetero) is 1. The number of benzene rings is 2. The number of phenols is 1. The van der Waals surface area contributed by atoms with Gasteiger partial charge in [0.2, 0.25) is 0 Å². The fraction of sp³-hybridized carbons (Fsp3) is 0.304. The molecule has 2 N–H and O–H groups in total. The first-order valence-corrected chi connectivity index (χ1v) is 10.7. The second-order valence-corrected chi connectivity index (χ2v) is 8.53. The van der Waals surface area contributed by atoms with Crippen LogP contribution in [0.25, 0.3) is 5.76 Å². The highest BCUT2D eigenvalue weighted by atomic mass is 35.5. The number of amides is 1. The Morgan fingerprint density at radius 2 is 1.81 bits per heavy atom. The van der Waals surface area contributed by atoms with Gasteiger partial charge in [0.15, 0.2) is 5.75 Å². The van der Waals surface area contributed by atoms with Gasteiger partial charge in [0.25, 0.3) is 11.7 Å². The first-order chi connectivity index (χ1) is 15.1. The molecule has 0 aliphatic carbocycles. The van der Waals surface area contributed by atoms with Crippen LogP contribution in [-0.2, 0) is 9.59 Å². The summed E-state index contributed by atoms with van der Waals surface area (Å²) in [6.07, 6.45) is 0.621. The van der Waals surface area contributed by atoms with Gasteiger partial charge in [-0.2, -0.15) is 0 Å². The number of halogens is 2. The monoisotopic (exact) mass is 478 g/mol. The van der Waals surface area contributed by atoms with Crippen LogP contribution in [0, 0.1) is 0 Å². The minimum Gasteiger partial charge on any atom is -0.508 e. The third-order valence-corrected chi connectivity index (χ3v) is 5.77. The lowest BCUT2D eigenvalue weighted by Gasteiger charge is -2.26. The molecule has 0 radical (unpaired) electrons. The molecule has 2 aromatic rings. The maximum absolute atomic E-state index is 13.0. The number of carbonyl (C=O) groups excluding carboxylic acids is 2. The summed E-state index contributed by atoms with van der Waals surface area (Å²) in [5.74, 6) is -1.72. The average molecular weight is 479 g/mol. The molecule has 7 nitrogen and oxygen atoms in total. The van der Waals surface area contributed by atoms with Gasteiger partial charge in [-0.1, -0.05) is 35.3 Å². The summed E-state index contributed by atoms with van der Waals surface area (Å²) < 4.78 is 5.14. The lowest BCUT2D eigenvalue weighted by molar-refractivity contribution is -0.139. The Morgan fingerprint density at radius 1 is 1.16 bits per heavy atom. The van der Waals surface area contributed by atoms with Gasteiger partial charge in [-0.25, -0.2) is 0 Å². The molecule has 0 bridgehead atoms. The summed E-state index contributed by atoms with van der Waals surface area (Å²) in [4.78, 5) is 29.3. The summed E-state index contributed by atoms with van der Waals surface area (Å²) in [6.45, 7) is 1.00. The van der Waals surface area contributed by atoms with Gasteiger partial charge in [-0.3, -0.25) is 9.59 Å². The molecule has 1 fully saturated rings. The highest BCUT2D eigenvalue weighted by Crippen LogP contribution is 2.42. The molecular formula is C23H24Cl2N2O5. The number of hydrogen-bond acceptors (Lipinski definition) is 6. The second kappa shape index (κ2) is 9.81. The van der Waals surface area contributed by atoms with Crippen LogP contribution < -0.4 is 4.74 Å². The highest BCUT2D eigenvalue weighted by Gasteiger charge is 2.46. The molecule has 1 unspecified atom stereocenters. The van der Waals surface area contributed by atoms with E-state index in [4.69, 9.17) is 27.9 Å². The highest BCUT2D eigenvalue weighted by molar-refractivity contribution is 6.46. The van der Waals surface area contributed by atoms with Crippen molar-refractivity contribution in [1.82, 2.24) is 9.80 Å². The fourth-order valence-corrected chi connectivity index (χ4v) is 4.40. The van der Waals surface area contributed by atoms with Crippen LogP contribution in [0.2, 0.25) is 10.0 Å². The number of aliphatic hydroxyl groups excluding tert-OH is 1. The van der Waals surface area contributed by atoms with Crippen molar-refractivity contribution in [2.75, 3.05) is 34.3 Å². The normalized spacial score (nSPS) is 17.9. The number of nitrogens with zero attached hydrogens (tertiary/aromatic N) is 2. The number of phenolic OH excluding ortho intramolecular Hbond substituents is 1. The van der Waals surface area contributed by atoms with Gasteiger partial charge in [0, 0.05) is 12.1 Å². The van der Waals surface area contributed by atoms with Gasteiger partial charge in [0.1, 0.15) is 11.5 Å². The minimum atomic E-state index is -0.871. The van der Waals surface area contributed by atoms with E-state index in [2.05, 4.69) is 0 Å². The summed E-state index contributed by atoms with van der Waals surface area (Å²) in [5.41, 5.74) is 0.585. The molecule has 3 rings (SSSR count). The van der Waals surface area contributed by atoms with Crippen molar-refractivity contribution < 1.29 is 24.5 Å². The van der Waals surface area contributed by atoms with E-state index >= 15 is 0 Å². The molecule has 2 aromatic carbocycles. The predicted molar refractivity (Wildman–Crippen MR) is 123 cm³/mol. The Balaban J connectivity index is 2.15. The maximum atomic E-state index is 13.0. The molecule has 1 saturated heterocycles. The van der Waals surface area contributed by atoms with Crippen molar-refractivity contribution in [2.24, 2.45) is 0 Å². The van der Waals surface area contributed by atoms with Crippen molar-refractivity contribution in [2.45, 2.75) is 12.5 Å². The van der Waals surface area contributed by atoms with Crippen molar-refractivity contribution >= 4 is 40.7 Å². The molecule has 0 spiro atoms. The molecule has 32 heavy (non-hydrogen) atoms. The molecule has 0 aromatic heterocycles. The van der Waals surface area contributed by atoms with E-state index in [1.807, 2.05) is 19.0 Å². The lowest BCUT2D eigenvalue weighted by atomic mass is 9.95. The van der Waals surface area contributed by atoms with Crippen LogP contribution >= 0.6 is 23.2 Å². The number of rotatable bonds is 7. The van der Waals surface area contributed by atoms with Gasteiger partial charge < -0.3 is 24.7 Å². The molecular weight excluding hydrogens is 455 g/mol. The zero-order chi connectivity index (χ0) is 23.6. The number of hydrogen-bond donors (Lipinski definition) is 2. The van der Waals surface area contributed by atoms with Gasteiger partial charge >= 0.3 is 0 Å². The van der Waals surface area contributed by atoms with Crippen LogP contribution in [-0.4, -0.2) is 66.0 Å². The van der Waals surface area contributed by atoms with E-state index in [-0.39, 0.29) is 32.7 Å². The molecule has 9 heteroatoms. The number of aliphatic hydroxyl groups is 1. The Hall–Kier alpha value is -2.74. The topological polar surface area (TPSA) is 90.3 Å². The van der Waals surface area contributed by atoms with E-state index in [9.17, 15) is 19.8 Å². The van der Waals surface area contributed by atoms with E-state index < -0.39 is 23.5 Å². The van der Waals surface area contributed by atoms with Crippen LogP contribution in [0.5, 0.6) is 11.5 Å². The number of aromatic hydroxyl groups is 1. The number of likely N-dealkylation sites (tertiary alicyclic amines) is 1. The van der Waals surface area contributed by atoms with Crippen LogP contribution in [0.3, 0.4) is 0 Å². The zero-order valence-corrected chi connectivity index (χ0v) is 19.4. The largest absolute Gasteiger partial charge is 0.508 e. The van der Waals surface area contributed by atoms with Crippen LogP contribution in [0.15, 0.2) is 42.0 Å².